The number of nitrogens with one attached hydrogen (secondary N) is 2. The van der Waals surface area contributed by atoms with Crippen molar-refractivity contribution in [3.8, 4) is 0 Å². The van der Waals surface area contributed by atoms with E-state index < -0.39 is 23.4 Å². The van der Waals surface area contributed by atoms with Crippen LogP contribution in [0.25, 0.3) is 0 Å². The van der Waals surface area contributed by atoms with E-state index in [1.54, 1.807) is 6.92 Å². The molecule has 1 aromatic carbocycles. The predicted octanol–water partition coefficient (Wildman–Crippen LogP) is 2.32. The van der Waals surface area contributed by atoms with Crippen LogP contribution in [0.15, 0.2) is 36.5 Å². The van der Waals surface area contributed by atoms with Gasteiger partial charge < -0.3 is 10.2 Å². The lowest BCUT2D eigenvalue weighted by molar-refractivity contribution is -0.132. The van der Waals surface area contributed by atoms with E-state index in [-0.39, 0.29) is 10.7 Å². The Morgan fingerprint density at radius 3 is 2.65 bits per heavy atom. The quantitative estimate of drug-likeness (QED) is 0.665. The van der Waals surface area contributed by atoms with Gasteiger partial charge in [-0.05, 0) is 38.2 Å². The fourth-order valence-electron chi connectivity index (χ4n) is 3.74. The van der Waals surface area contributed by atoms with Crippen LogP contribution in [0.5, 0.6) is 0 Å². The topological polar surface area (TPSA) is 108 Å². The van der Waals surface area contributed by atoms with Crippen molar-refractivity contribution in [1.82, 2.24) is 25.7 Å². The Morgan fingerprint density at radius 2 is 1.94 bits per heavy atom. The second-order valence-corrected chi connectivity index (χ2v) is 8.30. The summed E-state index contributed by atoms with van der Waals surface area (Å²) in [6.45, 7) is 3.25. The van der Waals surface area contributed by atoms with Crippen molar-refractivity contribution in [2.75, 3.05) is 18.0 Å². The second-order valence-electron chi connectivity index (χ2n) is 7.89. The predicted molar refractivity (Wildman–Crippen MR) is 115 cm³/mol. The first-order valence-electron chi connectivity index (χ1n) is 10.2. The van der Waals surface area contributed by atoms with Crippen molar-refractivity contribution >= 4 is 35.4 Å². The largest absolute Gasteiger partial charge is 0.344 e. The standard InChI is InChI=1S/C21H23ClN6O3/c1-21(10-9-14-7-3-2-4-8-14)18(30)28(20(31)25-21)26-17(29)16-15(22)13-23-19(24-16)27-11-5-6-12-27/h2-4,7-8,13H,5-6,9-12H2,1H3,(H,25,31)(H,26,29). The molecule has 2 fully saturated rings. The van der Waals surface area contributed by atoms with Crippen LogP contribution in [0, 0.1) is 0 Å². The number of benzene rings is 1. The number of rotatable bonds is 6. The highest BCUT2D eigenvalue weighted by Crippen LogP contribution is 2.24. The number of aromatic nitrogens is 2. The third kappa shape index (κ3) is 4.32. The molecule has 0 saturated carbocycles. The van der Waals surface area contributed by atoms with E-state index in [0.717, 1.165) is 31.5 Å². The molecular weight excluding hydrogens is 420 g/mol. The van der Waals surface area contributed by atoms with Crippen LogP contribution in [0.2, 0.25) is 5.02 Å². The number of hydrogen-bond donors (Lipinski definition) is 2. The molecule has 0 bridgehead atoms. The number of anilines is 1. The normalized spacial score (nSPS) is 20.8. The highest BCUT2D eigenvalue weighted by atomic mass is 35.5. The highest BCUT2D eigenvalue weighted by Gasteiger charge is 2.48. The van der Waals surface area contributed by atoms with Crippen molar-refractivity contribution in [3.05, 3.63) is 52.8 Å². The van der Waals surface area contributed by atoms with Gasteiger partial charge in [0.1, 0.15) is 5.54 Å². The summed E-state index contributed by atoms with van der Waals surface area (Å²) in [6, 6.07) is 8.97. The van der Waals surface area contributed by atoms with Gasteiger partial charge in [-0.15, -0.1) is 0 Å². The van der Waals surface area contributed by atoms with Gasteiger partial charge in [0.05, 0.1) is 11.2 Å². The molecule has 1 atom stereocenters. The molecule has 3 heterocycles. The molecule has 162 valence electrons. The zero-order valence-corrected chi connectivity index (χ0v) is 17.9. The number of carbonyl (C=O) groups excluding carboxylic acids is 3. The molecule has 1 aromatic heterocycles. The minimum Gasteiger partial charge on any atom is -0.341 e. The van der Waals surface area contributed by atoms with E-state index in [2.05, 4.69) is 20.7 Å². The van der Waals surface area contributed by atoms with Gasteiger partial charge in [0.15, 0.2) is 5.69 Å². The molecule has 2 aromatic rings. The van der Waals surface area contributed by atoms with Crippen LogP contribution >= 0.6 is 11.6 Å². The number of halogens is 1. The summed E-state index contributed by atoms with van der Waals surface area (Å²) in [6.07, 6.45) is 4.39. The van der Waals surface area contributed by atoms with E-state index in [1.165, 1.54) is 6.20 Å². The highest BCUT2D eigenvalue weighted by molar-refractivity contribution is 6.33. The summed E-state index contributed by atoms with van der Waals surface area (Å²) in [7, 11) is 0. The van der Waals surface area contributed by atoms with Crippen LogP contribution in [0.4, 0.5) is 10.7 Å². The summed E-state index contributed by atoms with van der Waals surface area (Å²) in [5.41, 5.74) is 2.18. The van der Waals surface area contributed by atoms with Gasteiger partial charge in [0, 0.05) is 13.1 Å². The molecule has 10 heteroatoms. The number of aryl methyl sites for hydroxylation is 1. The minimum atomic E-state index is -1.13. The zero-order chi connectivity index (χ0) is 22.0. The molecule has 0 aliphatic carbocycles. The molecule has 0 spiro atoms. The zero-order valence-electron chi connectivity index (χ0n) is 17.1. The maximum Gasteiger partial charge on any atom is 0.344 e. The van der Waals surface area contributed by atoms with Gasteiger partial charge in [-0.1, -0.05) is 41.9 Å². The molecule has 31 heavy (non-hydrogen) atoms. The Bertz CT molecular complexity index is 1010. The fraction of sp³-hybridized carbons (Fsp3) is 0.381. The van der Waals surface area contributed by atoms with E-state index in [1.807, 2.05) is 35.2 Å². The Morgan fingerprint density at radius 1 is 1.23 bits per heavy atom. The van der Waals surface area contributed by atoms with Crippen LogP contribution in [-0.2, 0) is 11.2 Å². The molecule has 4 rings (SSSR count). The Labute approximate surface area is 184 Å². The van der Waals surface area contributed by atoms with Crippen LogP contribution < -0.4 is 15.6 Å². The van der Waals surface area contributed by atoms with Gasteiger partial charge in [-0.2, -0.15) is 5.01 Å². The fourth-order valence-corrected chi connectivity index (χ4v) is 3.91. The molecule has 1 unspecified atom stereocenters. The number of imide groups is 1. The van der Waals surface area contributed by atoms with Crippen molar-refractivity contribution in [3.63, 3.8) is 0 Å². The van der Waals surface area contributed by atoms with Gasteiger partial charge in [0.25, 0.3) is 11.8 Å². The minimum absolute atomic E-state index is 0.0411. The third-order valence-electron chi connectivity index (χ3n) is 5.57. The summed E-state index contributed by atoms with van der Waals surface area (Å²) in [4.78, 5) is 48.6. The lowest BCUT2D eigenvalue weighted by Crippen LogP contribution is -2.49. The molecule has 2 aliphatic heterocycles. The van der Waals surface area contributed by atoms with E-state index in [4.69, 9.17) is 11.6 Å². The number of urea groups is 1. The maximum atomic E-state index is 12.9. The molecule has 4 amide bonds. The Balaban J connectivity index is 1.46. The van der Waals surface area contributed by atoms with Crippen molar-refractivity contribution in [2.24, 2.45) is 0 Å². The average molecular weight is 443 g/mol. The third-order valence-corrected chi connectivity index (χ3v) is 5.84. The van der Waals surface area contributed by atoms with Gasteiger partial charge in [-0.3, -0.25) is 15.0 Å². The molecule has 2 saturated heterocycles. The molecule has 2 aliphatic rings. The lowest BCUT2D eigenvalue weighted by Gasteiger charge is -2.21. The molecule has 0 radical (unpaired) electrons. The number of amides is 4. The van der Waals surface area contributed by atoms with Crippen molar-refractivity contribution in [2.45, 2.75) is 38.1 Å². The second kappa shape index (κ2) is 8.50. The van der Waals surface area contributed by atoms with Gasteiger partial charge in [0.2, 0.25) is 5.95 Å². The lowest BCUT2D eigenvalue weighted by atomic mass is 9.93. The van der Waals surface area contributed by atoms with E-state index in [9.17, 15) is 14.4 Å². The first kappa shape index (κ1) is 21.0. The Hall–Kier alpha value is -3.20. The average Bonchev–Trinajstić information content (AvgIpc) is 3.37. The molecular formula is C21H23ClN6O3. The van der Waals surface area contributed by atoms with Gasteiger partial charge in [-0.25, -0.2) is 14.8 Å². The summed E-state index contributed by atoms with van der Waals surface area (Å²) in [5.74, 6) is -0.882. The number of hydrogen-bond acceptors (Lipinski definition) is 6. The number of nitrogens with zero attached hydrogens (tertiary/aromatic N) is 4. The summed E-state index contributed by atoms with van der Waals surface area (Å²) < 4.78 is 0. The monoisotopic (exact) mass is 442 g/mol. The maximum absolute atomic E-state index is 12.9. The number of hydrazine groups is 1. The van der Waals surface area contributed by atoms with Crippen LogP contribution in [-0.4, -0.2) is 51.5 Å². The number of carbonyl (C=O) groups is 3. The van der Waals surface area contributed by atoms with Crippen molar-refractivity contribution < 1.29 is 14.4 Å². The molecule has 2 N–H and O–H groups in total. The smallest absolute Gasteiger partial charge is 0.341 e. The Kier molecular flexibility index (Phi) is 5.77. The van der Waals surface area contributed by atoms with E-state index in [0.29, 0.717) is 23.8 Å². The van der Waals surface area contributed by atoms with Crippen LogP contribution in [0.3, 0.4) is 0 Å². The van der Waals surface area contributed by atoms with Gasteiger partial charge >= 0.3 is 6.03 Å². The first-order chi connectivity index (χ1) is 14.9. The SMILES string of the molecule is CC1(CCc2ccccc2)NC(=O)N(NC(=O)c2nc(N3CCCC3)ncc2Cl)C1=O. The van der Waals surface area contributed by atoms with Crippen molar-refractivity contribution in [1.29, 1.82) is 0 Å². The first-order valence-corrected chi connectivity index (χ1v) is 10.5. The van der Waals surface area contributed by atoms with Crippen LogP contribution in [0.1, 0.15) is 42.2 Å². The van der Waals surface area contributed by atoms with E-state index >= 15 is 0 Å². The molecule has 9 nitrogen and oxygen atoms in total. The summed E-state index contributed by atoms with van der Waals surface area (Å²) in [5, 5.41) is 3.41. The summed E-state index contributed by atoms with van der Waals surface area (Å²) >= 11 is 6.12.